The van der Waals surface area contributed by atoms with Crippen LogP contribution in [0.15, 0.2) is 22.7 Å². The summed E-state index contributed by atoms with van der Waals surface area (Å²) in [6, 6.07) is 5.31. The molecule has 1 rings (SSSR count). The van der Waals surface area contributed by atoms with Crippen LogP contribution in [0, 0.1) is 0 Å². The molecule has 0 radical (unpaired) electrons. The van der Waals surface area contributed by atoms with Gasteiger partial charge in [0.2, 0.25) is 10.0 Å². The van der Waals surface area contributed by atoms with Crippen molar-refractivity contribution in [1.82, 2.24) is 5.32 Å². The number of benzene rings is 1. The third kappa shape index (κ3) is 4.96. The van der Waals surface area contributed by atoms with Crippen molar-refractivity contribution in [2.45, 2.75) is 32.1 Å². The molecule has 2 N–H and O–H groups in total. The number of sulfonamides is 1. The summed E-state index contributed by atoms with van der Waals surface area (Å²) >= 11 is 3.33. The molecule has 0 fully saturated rings. The third-order valence-corrected chi connectivity index (χ3v) is 5.12. The topological polar surface area (TPSA) is 67.4 Å². The molecule has 0 saturated carbocycles. The van der Waals surface area contributed by atoms with E-state index in [1.54, 1.807) is 32.2 Å². The molecule has 1 aromatic carbocycles. The first-order valence-electron chi connectivity index (χ1n) is 6.35. The van der Waals surface area contributed by atoms with Gasteiger partial charge >= 0.3 is 0 Å². The van der Waals surface area contributed by atoms with Crippen molar-refractivity contribution in [3.63, 3.8) is 0 Å². The summed E-state index contributed by atoms with van der Waals surface area (Å²) in [5.41, 5.74) is 0.508. The standard InChI is InChI=1S/C13H21BrN2O3S/c1-9(2)15-8-10(3)20(17,18)16-11-5-6-13(19-4)12(14)7-11/h5-7,9-10,15-16H,8H2,1-4H3. The van der Waals surface area contributed by atoms with Gasteiger partial charge in [0.1, 0.15) is 5.75 Å². The number of hydrogen-bond donors (Lipinski definition) is 2. The number of hydrogen-bond acceptors (Lipinski definition) is 4. The van der Waals surface area contributed by atoms with Gasteiger partial charge in [0.05, 0.1) is 16.8 Å². The zero-order chi connectivity index (χ0) is 15.3. The number of halogens is 1. The Hall–Kier alpha value is -0.790. The highest BCUT2D eigenvalue weighted by Crippen LogP contribution is 2.28. The summed E-state index contributed by atoms with van der Waals surface area (Å²) in [6.07, 6.45) is 0. The Kier molecular flexibility index (Phi) is 6.29. The van der Waals surface area contributed by atoms with Crippen LogP contribution in [0.4, 0.5) is 5.69 Å². The van der Waals surface area contributed by atoms with Crippen LogP contribution in [0.5, 0.6) is 5.75 Å². The van der Waals surface area contributed by atoms with Crippen LogP contribution in [-0.2, 0) is 10.0 Å². The van der Waals surface area contributed by atoms with E-state index >= 15 is 0 Å². The van der Waals surface area contributed by atoms with Gasteiger partial charge in [-0.25, -0.2) is 8.42 Å². The molecule has 0 saturated heterocycles. The van der Waals surface area contributed by atoms with Crippen LogP contribution in [0.2, 0.25) is 0 Å². The van der Waals surface area contributed by atoms with Crippen molar-refractivity contribution in [2.24, 2.45) is 0 Å². The summed E-state index contributed by atoms with van der Waals surface area (Å²) in [5, 5.41) is 2.60. The lowest BCUT2D eigenvalue weighted by molar-refractivity contribution is 0.412. The molecule has 114 valence electrons. The fourth-order valence-corrected chi connectivity index (χ4v) is 3.02. The predicted octanol–water partition coefficient (Wildman–Crippen LogP) is 2.59. The minimum atomic E-state index is -3.42. The van der Waals surface area contributed by atoms with Crippen molar-refractivity contribution in [3.05, 3.63) is 22.7 Å². The zero-order valence-electron chi connectivity index (χ0n) is 12.1. The van der Waals surface area contributed by atoms with Gasteiger partial charge in [-0.1, -0.05) is 13.8 Å². The highest BCUT2D eigenvalue weighted by molar-refractivity contribution is 9.10. The average molecular weight is 365 g/mol. The van der Waals surface area contributed by atoms with E-state index in [1.165, 1.54) is 0 Å². The van der Waals surface area contributed by atoms with E-state index in [0.717, 1.165) is 0 Å². The third-order valence-electron chi connectivity index (χ3n) is 2.76. The Labute approximate surface area is 129 Å². The molecule has 20 heavy (non-hydrogen) atoms. The lowest BCUT2D eigenvalue weighted by atomic mass is 10.3. The summed E-state index contributed by atoms with van der Waals surface area (Å²) in [6.45, 7) is 6.04. The number of nitrogens with one attached hydrogen (secondary N) is 2. The van der Waals surface area contributed by atoms with Gasteiger partial charge in [0.25, 0.3) is 0 Å². The summed E-state index contributed by atoms with van der Waals surface area (Å²) in [5.74, 6) is 0.655. The highest BCUT2D eigenvalue weighted by Gasteiger charge is 2.21. The van der Waals surface area contributed by atoms with Crippen molar-refractivity contribution in [1.29, 1.82) is 0 Å². The lowest BCUT2D eigenvalue weighted by Gasteiger charge is -2.17. The second kappa shape index (κ2) is 7.28. The molecule has 0 aromatic heterocycles. The molecule has 0 aliphatic carbocycles. The SMILES string of the molecule is COc1ccc(NS(=O)(=O)C(C)CNC(C)C)cc1Br. The Morgan fingerprint density at radius 3 is 2.45 bits per heavy atom. The van der Waals surface area contributed by atoms with Gasteiger partial charge in [0.15, 0.2) is 0 Å². The number of ether oxygens (including phenoxy) is 1. The average Bonchev–Trinajstić information content (AvgIpc) is 2.35. The van der Waals surface area contributed by atoms with Crippen molar-refractivity contribution in [3.8, 4) is 5.75 Å². The van der Waals surface area contributed by atoms with Gasteiger partial charge in [-0.05, 0) is 41.1 Å². The Morgan fingerprint density at radius 1 is 1.30 bits per heavy atom. The molecule has 0 aliphatic rings. The van der Waals surface area contributed by atoms with Gasteiger partial charge in [-0.3, -0.25) is 4.72 Å². The summed E-state index contributed by atoms with van der Waals surface area (Å²) < 4.78 is 32.8. The van der Waals surface area contributed by atoms with Gasteiger partial charge in [-0.15, -0.1) is 0 Å². The van der Waals surface area contributed by atoms with Crippen LogP contribution in [-0.4, -0.2) is 33.4 Å². The maximum absolute atomic E-state index is 12.2. The Balaban J connectivity index is 2.77. The first-order chi connectivity index (χ1) is 9.26. The van der Waals surface area contributed by atoms with E-state index in [0.29, 0.717) is 22.5 Å². The molecule has 0 amide bonds. The molecule has 0 bridgehead atoms. The number of rotatable bonds is 7. The van der Waals surface area contributed by atoms with Gasteiger partial charge in [0, 0.05) is 18.3 Å². The van der Waals surface area contributed by atoms with E-state index in [4.69, 9.17) is 4.74 Å². The quantitative estimate of drug-likeness (QED) is 0.780. The van der Waals surface area contributed by atoms with Gasteiger partial charge < -0.3 is 10.1 Å². The van der Waals surface area contributed by atoms with Crippen molar-refractivity contribution in [2.75, 3.05) is 18.4 Å². The fraction of sp³-hybridized carbons (Fsp3) is 0.538. The molecule has 1 aromatic rings. The minimum absolute atomic E-state index is 0.253. The molecule has 1 unspecified atom stereocenters. The molecule has 7 heteroatoms. The first-order valence-corrected chi connectivity index (χ1v) is 8.68. The molecular weight excluding hydrogens is 344 g/mol. The van der Waals surface area contributed by atoms with Crippen LogP contribution >= 0.6 is 15.9 Å². The van der Waals surface area contributed by atoms with E-state index in [9.17, 15) is 8.42 Å². The highest BCUT2D eigenvalue weighted by atomic mass is 79.9. The zero-order valence-corrected chi connectivity index (χ0v) is 14.5. The van der Waals surface area contributed by atoms with Crippen LogP contribution in [0.1, 0.15) is 20.8 Å². The Bertz CT molecular complexity index is 547. The molecule has 5 nitrogen and oxygen atoms in total. The largest absolute Gasteiger partial charge is 0.496 e. The number of anilines is 1. The molecular formula is C13H21BrN2O3S. The van der Waals surface area contributed by atoms with E-state index < -0.39 is 15.3 Å². The lowest BCUT2D eigenvalue weighted by Crippen LogP contribution is -2.37. The van der Waals surface area contributed by atoms with Crippen molar-refractivity contribution >= 4 is 31.6 Å². The smallest absolute Gasteiger partial charge is 0.236 e. The van der Waals surface area contributed by atoms with Crippen molar-refractivity contribution < 1.29 is 13.2 Å². The molecule has 0 heterocycles. The number of methoxy groups -OCH3 is 1. The van der Waals surface area contributed by atoms with E-state index in [-0.39, 0.29) is 6.04 Å². The monoisotopic (exact) mass is 364 g/mol. The molecule has 0 spiro atoms. The normalized spacial score (nSPS) is 13.3. The first kappa shape index (κ1) is 17.3. The summed E-state index contributed by atoms with van der Waals surface area (Å²) in [7, 11) is -1.86. The fourth-order valence-electron chi connectivity index (χ4n) is 1.51. The van der Waals surface area contributed by atoms with Crippen LogP contribution < -0.4 is 14.8 Å². The minimum Gasteiger partial charge on any atom is -0.496 e. The maximum atomic E-state index is 12.2. The second-order valence-electron chi connectivity index (χ2n) is 4.87. The van der Waals surface area contributed by atoms with E-state index in [1.807, 2.05) is 13.8 Å². The molecule has 0 aliphatic heterocycles. The van der Waals surface area contributed by atoms with Crippen LogP contribution in [0.25, 0.3) is 0 Å². The van der Waals surface area contributed by atoms with Gasteiger partial charge in [-0.2, -0.15) is 0 Å². The summed E-state index contributed by atoms with van der Waals surface area (Å²) in [4.78, 5) is 0. The van der Waals surface area contributed by atoms with E-state index in [2.05, 4.69) is 26.0 Å². The molecule has 1 atom stereocenters. The Morgan fingerprint density at radius 2 is 1.95 bits per heavy atom. The second-order valence-corrected chi connectivity index (χ2v) is 7.82. The van der Waals surface area contributed by atoms with Crippen LogP contribution in [0.3, 0.4) is 0 Å². The maximum Gasteiger partial charge on any atom is 0.236 e. The predicted molar refractivity (Wildman–Crippen MR) is 85.8 cm³/mol.